The van der Waals surface area contributed by atoms with Crippen LogP contribution in [0.15, 0.2) is 67.1 Å². The lowest BCUT2D eigenvalue weighted by Gasteiger charge is -2.40. The Morgan fingerprint density at radius 2 is 2.03 bits per heavy atom. The van der Waals surface area contributed by atoms with Gasteiger partial charge in [0.25, 0.3) is 5.91 Å². The number of benzene rings is 1. The number of aliphatic hydroxyl groups excluding tert-OH is 1. The maximum Gasteiger partial charge on any atom is 0.255 e. The maximum atomic E-state index is 12.5. The summed E-state index contributed by atoms with van der Waals surface area (Å²) in [6, 6.07) is 13.3. The van der Waals surface area contributed by atoms with Gasteiger partial charge in [-0.2, -0.15) is 0 Å². The molecule has 0 spiro atoms. The number of nitrogens with zero attached hydrogens (tertiary/aromatic N) is 3. The number of pyridine rings is 2. The maximum absolute atomic E-state index is 12.5. The van der Waals surface area contributed by atoms with Crippen molar-refractivity contribution >= 4 is 29.1 Å². The summed E-state index contributed by atoms with van der Waals surface area (Å²) in [6.07, 6.45) is 4.33. The van der Waals surface area contributed by atoms with Gasteiger partial charge < -0.3 is 20.1 Å². The molecule has 2 N–H and O–H groups in total. The van der Waals surface area contributed by atoms with E-state index in [1.54, 1.807) is 53.7 Å². The fraction of sp³-hybridized carbons (Fsp3) is 0.217. The summed E-state index contributed by atoms with van der Waals surface area (Å²) in [7, 11) is 0. The topological polar surface area (TPSA) is 105 Å². The first-order valence-electron chi connectivity index (χ1n) is 9.99. The van der Waals surface area contributed by atoms with Crippen molar-refractivity contribution < 1.29 is 19.4 Å². The van der Waals surface area contributed by atoms with Crippen LogP contribution >= 0.6 is 11.6 Å². The smallest absolute Gasteiger partial charge is 0.255 e. The highest BCUT2D eigenvalue weighted by Crippen LogP contribution is 2.31. The first-order valence-corrected chi connectivity index (χ1v) is 10.4. The molecule has 3 heterocycles. The van der Waals surface area contributed by atoms with Crippen LogP contribution in [-0.2, 0) is 16.1 Å². The van der Waals surface area contributed by atoms with Gasteiger partial charge in [0.15, 0.2) is 0 Å². The summed E-state index contributed by atoms with van der Waals surface area (Å²) in [5.41, 5.74) is 2.65. The molecule has 0 aliphatic carbocycles. The van der Waals surface area contributed by atoms with Crippen LogP contribution in [-0.4, -0.2) is 51.0 Å². The number of aromatic nitrogens is 2. The Kier molecular flexibility index (Phi) is 6.75. The monoisotopic (exact) mass is 452 g/mol. The quantitative estimate of drug-likeness (QED) is 0.557. The third kappa shape index (κ3) is 4.94. The number of morpholine rings is 1. The highest BCUT2D eigenvalue weighted by atomic mass is 35.5. The number of anilines is 1. The largest absolute Gasteiger partial charge is 0.394 e. The number of ether oxygens (including phenoxy) is 1. The number of halogens is 1. The second-order valence-electron chi connectivity index (χ2n) is 7.31. The Hall–Kier alpha value is -3.33. The van der Waals surface area contributed by atoms with Crippen LogP contribution in [0.3, 0.4) is 0 Å². The van der Waals surface area contributed by atoms with Crippen molar-refractivity contribution in [2.45, 2.75) is 18.7 Å². The Balaban J connectivity index is 1.48. The molecule has 2 atom stereocenters. The fourth-order valence-electron chi connectivity index (χ4n) is 3.61. The first-order chi connectivity index (χ1) is 15.5. The van der Waals surface area contributed by atoms with Crippen LogP contribution in [0, 0.1) is 0 Å². The van der Waals surface area contributed by atoms with Crippen LogP contribution in [0.4, 0.5) is 5.69 Å². The average Bonchev–Trinajstić information content (AvgIpc) is 2.81. The summed E-state index contributed by atoms with van der Waals surface area (Å²) in [4.78, 5) is 34.5. The first kappa shape index (κ1) is 21.9. The SMILES string of the molecule is O=C(Nc1ccc([C@H]2OCC(=O)N(Cc3cccnc3)[C@@H]2CO)cc1)c1ccnc(Cl)c1. The molecular formula is C23H21ClN4O4. The molecule has 32 heavy (non-hydrogen) atoms. The summed E-state index contributed by atoms with van der Waals surface area (Å²) in [5, 5.41) is 13.1. The molecule has 1 fully saturated rings. The van der Waals surface area contributed by atoms with Crippen molar-refractivity contribution in [1.82, 2.24) is 14.9 Å². The Bertz CT molecular complexity index is 1090. The minimum absolute atomic E-state index is 0.0806. The molecule has 1 saturated heterocycles. The number of amides is 2. The molecule has 2 aromatic heterocycles. The van der Waals surface area contributed by atoms with E-state index in [9.17, 15) is 14.7 Å². The third-order valence-electron chi connectivity index (χ3n) is 5.21. The highest BCUT2D eigenvalue weighted by Gasteiger charge is 2.37. The van der Waals surface area contributed by atoms with Gasteiger partial charge in [-0.25, -0.2) is 4.98 Å². The number of carbonyl (C=O) groups is 2. The summed E-state index contributed by atoms with van der Waals surface area (Å²) >= 11 is 5.84. The zero-order valence-corrected chi connectivity index (χ0v) is 17.8. The van der Waals surface area contributed by atoms with Gasteiger partial charge in [-0.1, -0.05) is 29.8 Å². The lowest BCUT2D eigenvalue weighted by Crippen LogP contribution is -2.52. The van der Waals surface area contributed by atoms with Crippen molar-refractivity contribution in [1.29, 1.82) is 0 Å². The van der Waals surface area contributed by atoms with E-state index in [-0.39, 0.29) is 30.2 Å². The molecular weight excluding hydrogens is 432 g/mol. The van der Waals surface area contributed by atoms with Gasteiger partial charge in [0.2, 0.25) is 5.91 Å². The molecule has 9 heteroatoms. The standard InChI is InChI=1S/C23H21ClN4O4/c24-20-10-17(7-9-26-20)23(31)27-18-5-3-16(4-6-18)22-19(13-29)28(21(30)14-32-22)12-15-2-1-8-25-11-15/h1-11,19,22,29H,12-14H2,(H,27,31)/t19-,22-/m1/s1. The van der Waals surface area contributed by atoms with Crippen LogP contribution in [0.2, 0.25) is 5.15 Å². The van der Waals surface area contributed by atoms with Crippen molar-refractivity contribution in [3.05, 3.63) is 89.0 Å². The van der Waals surface area contributed by atoms with E-state index in [2.05, 4.69) is 15.3 Å². The molecule has 1 aliphatic heterocycles. The molecule has 2 amide bonds. The van der Waals surface area contributed by atoms with Gasteiger partial charge in [-0.3, -0.25) is 14.6 Å². The van der Waals surface area contributed by atoms with E-state index < -0.39 is 12.1 Å². The molecule has 0 radical (unpaired) electrons. The van der Waals surface area contributed by atoms with Gasteiger partial charge >= 0.3 is 0 Å². The highest BCUT2D eigenvalue weighted by molar-refractivity contribution is 6.29. The van der Waals surface area contributed by atoms with Crippen molar-refractivity contribution in [2.75, 3.05) is 18.5 Å². The van der Waals surface area contributed by atoms with Gasteiger partial charge in [-0.05, 0) is 41.5 Å². The minimum Gasteiger partial charge on any atom is -0.394 e. The number of rotatable bonds is 6. The van der Waals surface area contributed by atoms with Gasteiger partial charge in [0.1, 0.15) is 17.9 Å². The average molecular weight is 453 g/mol. The Morgan fingerprint density at radius 1 is 1.22 bits per heavy atom. The lowest BCUT2D eigenvalue weighted by atomic mass is 9.98. The molecule has 164 valence electrons. The van der Waals surface area contributed by atoms with Crippen LogP contribution in [0.25, 0.3) is 0 Å². The van der Waals surface area contributed by atoms with Crippen LogP contribution in [0.1, 0.15) is 27.6 Å². The van der Waals surface area contributed by atoms with Crippen molar-refractivity contribution in [3.8, 4) is 0 Å². The number of carbonyl (C=O) groups excluding carboxylic acids is 2. The molecule has 8 nitrogen and oxygen atoms in total. The molecule has 1 aliphatic rings. The van der Waals surface area contributed by atoms with E-state index in [0.717, 1.165) is 11.1 Å². The normalized spacial score (nSPS) is 18.4. The van der Waals surface area contributed by atoms with Gasteiger partial charge in [0.05, 0.1) is 12.6 Å². The van der Waals surface area contributed by atoms with Gasteiger partial charge in [0, 0.05) is 36.4 Å². The predicted molar refractivity (Wildman–Crippen MR) is 118 cm³/mol. The fourth-order valence-corrected chi connectivity index (χ4v) is 3.79. The predicted octanol–water partition coefficient (Wildman–Crippen LogP) is 2.84. The third-order valence-corrected chi connectivity index (χ3v) is 5.41. The van der Waals surface area contributed by atoms with Crippen molar-refractivity contribution in [2.24, 2.45) is 0 Å². The zero-order chi connectivity index (χ0) is 22.5. The molecule has 0 bridgehead atoms. The van der Waals surface area contributed by atoms with E-state index >= 15 is 0 Å². The molecule has 4 rings (SSSR count). The number of hydrogen-bond donors (Lipinski definition) is 2. The second kappa shape index (κ2) is 9.86. The number of hydrogen-bond acceptors (Lipinski definition) is 6. The van der Waals surface area contributed by atoms with Crippen LogP contribution < -0.4 is 5.32 Å². The van der Waals surface area contributed by atoms with E-state index in [0.29, 0.717) is 17.8 Å². The Labute approximate surface area is 189 Å². The Morgan fingerprint density at radius 3 is 2.72 bits per heavy atom. The van der Waals surface area contributed by atoms with E-state index in [4.69, 9.17) is 16.3 Å². The van der Waals surface area contributed by atoms with Crippen LogP contribution in [0.5, 0.6) is 0 Å². The molecule has 0 unspecified atom stereocenters. The number of aliphatic hydroxyl groups is 1. The molecule has 1 aromatic carbocycles. The minimum atomic E-state index is -0.546. The molecule has 0 saturated carbocycles. The van der Waals surface area contributed by atoms with E-state index in [1.165, 1.54) is 12.3 Å². The summed E-state index contributed by atoms with van der Waals surface area (Å²) in [5.74, 6) is -0.499. The van der Waals surface area contributed by atoms with E-state index in [1.807, 2.05) is 6.07 Å². The second-order valence-corrected chi connectivity index (χ2v) is 7.70. The lowest BCUT2D eigenvalue weighted by molar-refractivity contribution is -0.162. The zero-order valence-electron chi connectivity index (χ0n) is 17.0. The van der Waals surface area contributed by atoms with Gasteiger partial charge in [-0.15, -0.1) is 0 Å². The van der Waals surface area contributed by atoms with Crippen molar-refractivity contribution in [3.63, 3.8) is 0 Å². The molecule has 3 aromatic rings. The number of nitrogens with one attached hydrogen (secondary N) is 1. The summed E-state index contributed by atoms with van der Waals surface area (Å²) in [6.45, 7) is 0.00106. The summed E-state index contributed by atoms with van der Waals surface area (Å²) < 4.78 is 5.78.